The summed E-state index contributed by atoms with van der Waals surface area (Å²) in [6.07, 6.45) is 4.85. The lowest BCUT2D eigenvalue weighted by Crippen LogP contribution is -2.08. The highest BCUT2D eigenvalue weighted by atomic mass is 16.5. The van der Waals surface area contributed by atoms with Gasteiger partial charge in [0.2, 0.25) is 0 Å². The molecule has 0 aliphatic heterocycles. The zero-order valence-corrected chi connectivity index (χ0v) is 11.3. The van der Waals surface area contributed by atoms with Crippen molar-refractivity contribution in [3.05, 3.63) is 11.9 Å². The van der Waals surface area contributed by atoms with Gasteiger partial charge in [-0.05, 0) is 12.8 Å². The Balaban J connectivity index is 1.96. The Morgan fingerprint density at radius 1 is 1.17 bits per heavy atom. The van der Waals surface area contributed by atoms with E-state index < -0.39 is 0 Å². The third-order valence-corrected chi connectivity index (χ3v) is 2.32. The second-order valence-electron chi connectivity index (χ2n) is 4.00. The van der Waals surface area contributed by atoms with E-state index in [1.165, 1.54) is 0 Å². The van der Waals surface area contributed by atoms with Crippen LogP contribution in [0.4, 0.5) is 0 Å². The molecule has 0 saturated heterocycles. The van der Waals surface area contributed by atoms with Crippen LogP contribution in [-0.2, 0) is 27.4 Å². The fourth-order valence-corrected chi connectivity index (χ4v) is 1.44. The van der Waals surface area contributed by atoms with Gasteiger partial charge in [0, 0.05) is 13.7 Å². The average molecular weight is 257 g/mol. The maximum atomic E-state index is 5.47. The van der Waals surface area contributed by atoms with E-state index in [1.54, 1.807) is 11.8 Å². The molecule has 0 fully saturated rings. The highest BCUT2D eigenvalue weighted by Gasteiger charge is 1.99. The zero-order chi connectivity index (χ0) is 13.1. The molecule has 0 unspecified atom stereocenters. The number of hydrogen-bond acceptors (Lipinski definition) is 5. The number of rotatable bonds is 11. The van der Waals surface area contributed by atoms with Crippen molar-refractivity contribution >= 4 is 0 Å². The van der Waals surface area contributed by atoms with Crippen LogP contribution in [-0.4, -0.2) is 48.5 Å². The fourth-order valence-electron chi connectivity index (χ4n) is 1.44. The minimum absolute atomic E-state index is 0.453. The van der Waals surface area contributed by atoms with Gasteiger partial charge in [-0.2, -0.15) is 0 Å². The van der Waals surface area contributed by atoms with Crippen LogP contribution >= 0.6 is 0 Å². The van der Waals surface area contributed by atoms with Crippen LogP contribution in [0.5, 0.6) is 0 Å². The van der Waals surface area contributed by atoms with E-state index >= 15 is 0 Å². The fraction of sp³-hybridized carbons (Fsp3) is 0.833. The van der Waals surface area contributed by atoms with Gasteiger partial charge in [0.25, 0.3) is 0 Å². The first kappa shape index (κ1) is 15.1. The Morgan fingerprint density at radius 3 is 2.78 bits per heavy atom. The van der Waals surface area contributed by atoms with Crippen molar-refractivity contribution in [3.8, 4) is 0 Å². The van der Waals surface area contributed by atoms with E-state index in [1.807, 2.05) is 6.20 Å². The monoisotopic (exact) mass is 257 g/mol. The number of ether oxygens (including phenoxy) is 3. The third kappa shape index (κ3) is 6.68. The van der Waals surface area contributed by atoms with Gasteiger partial charge >= 0.3 is 0 Å². The van der Waals surface area contributed by atoms with Gasteiger partial charge < -0.3 is 14.2 Å². The van der Waals surface area contributed by atoms with E-state index in [0.717, 1.165) is 25.0 Å². The van der Waals surface area contributed by atoms with Gasteiger partial charge in [0.15, 0.2) is 0 Å². The minimum Gasteiger partial charge on any atom is -0.382 e. The van der Waals surface area contributed by atoms with Crippen molar-refractivity contribution < 1.29 is 14.2 Å². The molecule has 6 heteroatoms. The molecule has 18 heavy (non-hydrogen) atoms. The van der Waals surface area contributed by atoms with Crippen LogP contribution in [0, 0.1) is 0 Å². The predicted molar refractivity (Wildman–Crippen MR) is 67.3 cm³/mol. The molecule has 1 heterocycles. The normalized spacial score (nSPS) is 11.0. The Hall–Kier alpha value is -0.980. The Labute approximate surface area is 108 Å². The van der Waals surface area contributed by atoms with Crippen molar-refractivity contribution in [2.75, 3.05) is 33.5 Å². The molecule has 0 amide bonds. The summed E-state index contributed by atoms with van der Waals surface area (Å²) >= 11 is 0. The molecule has 1 aromatic heterocycles. The second-order valence-corrected chi connectivity index (χ2v) is 4.00. The Bertz CT molecular complexity index is 305. The van der Waals surface area contributed by atoms with Gasteiger partial charge in [-0.3, -0.25) is 0 Å². The van der Waals surface area contributed by atoms with Crippen LogP contribution < -0.4 is 0 Å². The summed E-state index contributed by atoms with van der Waals surface area (Å²) < 4.78 is 17.4. The van der Waals surface area contributed by atoms with Crippen molar-refractivity contribution in [2.45, 2.75) is 32.9 Å². The summed E-state index contributed by atoms with van der Waals surface area (Å²) in [5.41, 5.74) is 1.02. The summed E-state index contributed by atoms with van der Waals surface area (Å²) in [7, 11) is 1.66. The molecule has 0 bridgehead atoms. The maximum absolute atomic E-state index is 5.47. The molecule has 0 spiro atoms. The molecular formula is C12H23N3O3. The van der Waals surface area contributed by atoms with E-state index in [2.05, 4.69) is 17.2 Å². The number of hydrogen-bond donors (Lipinski definition) is 0. The van der Waals surface area contributed by atoms with Gasteiger partial charge in [0.1, 0.15) is 6.73 Å². The lowest BCUT2D eigenvalue weighted by molar-refractivity contribution is 0.0312. The Kier molecular flexibility index (Phi) is 8.37. The third-order valence-electron chi connectivity index (χ3n) is 2.32. The molecular weight excluding hydrogens is 234 g/mol. The van der Waals surface area contributed by atoms with Gasteiger partial charge in [-0.15, -0.1) is 5.10 Å². The Morgan fingerprint density at radius 2 is 2.00 bits per heavy atom. The predicted octanol–water partition coefficient (Wildman–Crippen LogP) is 1.26. The molecule has 1 aromatic rings. The largest absolute Gasteiger partial charge is 0.382 e. The van der Waals surface area contributed by atoms with Crippen molar-refractivity contribution in [2.24, 2.45) is 0 Å². The summed E-state index contributed by atoms with van der Waals surface area (Å²) in [5.74, 6) is 0. The summed E-state index contributed by atoms with van der Waals surface area (Å²) in [6.45, 7) is 5.21. The maximum Gasteiger partial charge on any atom is 0.141 e. The first-order valence-electron chi connectivity index (χ1n) is 6.40. The number of aryl methyl sites for hydroxylation is 1. The quantitative estimate of drug-likeness (QED) is 0.559. The van der Waals surface area contributed by atoms with Crippen molar-refractivity contribution in [1.82, 2.24) is 15.0 Å². The number of methoxy groups -OCH3 is 1. The molecule has 0 atom stereocenters. The average Bonchev–Trinajstić information content (AvgIpc) is 2.81. The molecule has 1 rings (SSSR count). The van der Waals surface area contributed by atoms with Gasteiger partial charge in [-0.1, -0.05) is 18.6 Å². The summed E-state index contributed by atoms with van der Waals surface area (Å²) in [4.78, 5) is 0. The molecule has 6 nitrogen and oxygen atoms in total. The van der Waals surface area contributed by atoms with Crippen LogP contribution in [0.2, 0.25) is 0 Å². The standard InChI is InChI=1S/C12H23N3O3/c1-3-5-12-10-15(14-13-12)11-18-7-4-6-17-9-8-16-2/h10H,3-9,11H2,1-2H3. The lowest BCUT2D eigenvalue weighted by atomic mass is 10.3. The second kappa shape index (κ2) is 9.99. The number of aromatic nitrogens is 3. The van der Waals surface area contributed by atoms with Crippen LogP contribution in [0.3, 0.4) is 0 Å². The van der Waals surface area contributed by atoms with Gasteiger partial charge in [-0.25, -0.2) is 4.68 Å². The topological polar surface area (TPSA) is 58.4 Å². The first-order chi connectivity index (χ1) is 8.86. The molecule has 0 N–H and O–H groups in total. The highest BCUT2D eigenvalue weighted by Crippen LogP contribution is 1.97. The van der Waals surface area contributed by atoms with Gasteiger partial charge in [0.05, 0.1) is 31.7 Å². The van der Waals surface area contributed by atoms with Crippen molar-refractivity contribution in [1.29, 1.82) is 0 Å². The molecule has 0 saturated carbocycles. The SMILES string of the molecule is CCCc1cn(COCCCOCCOC)nn1. The van der Waals surface area contributed by atoms with Crippen LogP contribution in [0.1, 0.15) is 25.5 Å². The summed E-state index contributed by atoms with van der Waals surface area (Å²) in [6, 6.07) is 0. The minimum atomic E-state index is 0.453. The first-order valence-corrected chi connectivity index (χ1v) is 6.40. The van der Waals surface area contributed by atoms with Crippen molar-refractivity contribution in [3.63, 3.8) is 0 Å². The molecule has 0 aromatic carbocycles. The highest BCUT2D eigenvalue weighted by molar-refractivity contribution is 4.91. The van der Waals surface area contributed by atoms with Crippen LogP contribution in [0.25, 0.3) is 0 Å². The molecule has 0 aliphatic carbocycles. The van der Waals surface area contributed by atoms with E-state index in [-0.39, 0.29) is 0 Å². The van der Waals surface area contributed by atoms with Crippen LogP contribution in [0.15, 0.2) is 6.20 Å². The lowest BCUT2D eigenvalue weighted by Gasteiger charge is -2.04. The van der Waals surface area contributed by atoms with E-state index in [4.69, 9.17) is 14.2 Å². The molecule has 0 radical (unpaired) electrons. The zero-order valence-electron chi connectivity index (χ0n) is 11.3. The smallest absolute Gasteiger partial charge is 0.141 e. The molecule has 104 valence electrons. The summed E-state index contributed by atoms with van der Waals surface area (Å²) in [5, 5.41) is 8.04. The molecule has 0 aliphatic rings. The van der Waals surface area contributed by atoms with E-state index in [9.17, 15) is 0 Å². The number of nitrogens with zero attached hydrogens (tertiary/aromatic N) is 3. The van der Waals surface area contributed by atoms with E-state index in [0.29, 0.717) is 33.2 Å².